The molecule has 1 amide bonds. The van der Waals surface area contributed by atoms with Crippen LogP contribution in [0, 0.1) is 0 Å². The van der Waals surface area contributed by atoms with Crippen LogP contribution >= 0.6 is 0 Å². The number of rotatable bonds is 2. The normalized spacial score (nSPS) is 8.75. The number of aryl methyl sites for hydroxylation is 1. The summed E-state index contributed by atoms with van der Waals surface area (Å²) in [4.78, 5) is 10.8. The van der Waals surface area contributed by atoms with Gasteiger partial charge in [0.25, 0.3) is 0 Å². The molecule has 1 aromatic rings. The Labute approximate surface area is 84.3 Å². The van der Waals surface area contributed by atoms with Gasteiger partial charge in [-0.05, 0) is 18.1 Å². The summed E-state index contributed by atoms with van der Waals surface area (Å²) in [5.74, 6) is -0.345. The van der Waals surface area contributed by atoms with Crippen LogP contribution in [0.15, 0.2) is 24.3 Å². The molecule has 0 fully saturated rings. The van der Waals surface area contributed by atoms with Crippen LogP contribution in [-0.4, -0.2) is 24.8 Å². The number of hydrogen-bond donors (Lipinski definition) is 1. The first kappa shape index (κ1) is 11.3. The van der Waals surface area contributed by atoms with Crippen LogP contribution in [0.1, 0.15) is 22.8 Å². The van der Waals surface area contributed by atoms with E-state index in [1.54, 1.807) is 6.07 Å². The van der Waals surface area contributed by atoms with Crippen molar-refractivity contribution in [2.75, 3.05) is 0 Å². The van der Waals surface area contributed by atoms with Crippen LogP contribution in [0.4, 0.5) is 0 Å². The first-order chi connectivity index (χ1) is 5.25. The van der Waals surface area contributed by atoms with Crippen molar-refractivity contribution in [1.82, 2.24) is 0 Å². The van der Waals surface area contributed by atoms with E-state index in [0.717, 1.165) is 12.0 Å². The van der Waals surface area contributed by atoms with Gasteiger partial charge in [0.2, 0.25) is 5.91 Å². The predicted octanol–water partition coefficient (Wildman–Crippen LogP) is 0.699. The first-order valence-corrected chi connectivity index (χ1v) is 3.63. The Hall–Kier alpha value is -0.713. The zero-order chi connectivity index (χ0) is 8.27. The standard InChI is InChI=1S/C9H11NO.Li.H/c1-2-7-5-3-4-6-8(7)9(10)11;;/h3-6H,2H2,1H3,(H2,10,11);;. The molecule has 1 rings (SSSR count). The van der Waals surface area contributed by atoms with Gasteiger partial charge in [-0.2, -0.15) is 0 Å². The molecule has 0 saturated carbocycles. The van der Waals surface area contributed by atoms with Crippen LogP contribution in [-0.2, 0) is 6.42 Å². The summed E-state index contributed by atoms with van der Waals surface area (Å²) in [5.41, 5.74) is 6.80. The average molecular weight is 157 g/mol. The molecule has 0 spiro atoms. The van der Waals surface area contributed by atoms with E-state index in [-0.39, 0.29) is 24.8 Å². The molecule has 2 N–H and O–H groups in total. The van der Waals surface area contributed by atoms with E-state index < -0.39 is 0 Å². The van der Waals surface area contributed by atoms with Gasteiger partial charge in [0.15, 0.2) is 0 Å². The molecule has 0 saturated heterocycles. The number of nitrogens with two attached hydrogens (primary N) is 1. The van der Waals surface area contributed by atoms with Crippen LogP contribution < -0.4 is 5.73 Å². The van der Waals surface area contributed by atoms with E-state index >= 15 is 0 Å². The van der Waals surface area contributed by atoms with E-state index in [4.69, 9.17) is 5.73 Å². The Morgan fingerprint density at radius 1 is 1.42 bits per heavy atom. The predicted molar refractivity (Wildman–Crippen MR) is 51.5 cm³/mol. The van der Waals surface area contributed by atoms with Crippen molar-refractivity contribution in [1.29, 1.82) is 0 Å². The first-order valence-electron chi connectivity index (χ1n) is 3.63. The number of carbonyl (C=O) groups excluding carboxylic acids is 1. The maximum absolute atomic E-state index is 10.8. The molecule has 3 heteroatoms. The van der Waals surface area contributed by atoms with Crippen molar-refractivity contribution in [2.24, 2.45) is 5.73 Å². The van der Waals surface area contributed by atoms with E-state index in [0.29, 0.717) is 5.56 Å². The van der Waals surface area contributed by atoms with Gasteiger partial charge in [-0.15, -0.1) is 0 Å². The Kier molecular flexibility index (Phi) is 4.73. The Bertz CT molecular complexity index is 273. The minimum atomic E-state index is -0.345. The third-order valence-electron chi connectivity index (χ3n) is 1.66. The zero-order valence-corrected chi connectivity index (χ0v) is 6.50. The molecular formula is C9H12LiNO. The molecule has 12 heavy (non-hydrogen) atoms. The van der Waals surface area contributed by atoms with E-state index in [1.807, 2.05) is 25.1 Å². The van der Waals surface area contributed by atoms with E-state index in [1.165, 1.54) is 0 Å². The molecule has 0 unspecified atom stereocenters. The second-order valence-corrected chi connectivity index (χ2v) is 2.37. The van der Waals surface area contributed by atoms with E-state index in [9.17, 15) is 4.79 Å². The number of hydrogen-bond acceptors (Lipinski definition) is 1. The molecule has 2 nitrogen and oxygen atoms in total. The van der Waals surface area contributed by atoms with Crippen LogP contribution in [0.5, 0.6) is 0 Å². The second kappa shape index (κ2) is 5.03. The number of benzene rings is 1. The van der Waals surface area contributed by atoms with Gasteiger partial charge in [0.1, 0.15) is 0 Å². The van der Waals surface area contributed by atoms with Gasteiger partial charge in [0, 0.05) is 5.56 Å². The quantitative estimate of drug-likeness (QED) is 0.631. The molecule has 0 aliphatic heterocycles. The third kappa shape index (κ3) is 2.40. The Morgan fingerprint density at radius 2 is 2.00 bits per heavy atom. The van der Waals surface area contributed by atoms with Gasteiger partial charge in [-0.1, -0.05) is 25.1 Å². The molecule has 0 atom stereocenters. The molecule has 60 valence electrons. The van der Waals surface area contributed by atoms with Crippen molar-refractivity contribution >= 4 is 24.8 Å². The molecule has 0 aromatic heterocycles. The fraction of sp³-hybridized carbons (Fsp3) is 0.222. The van der Waals surface area contributed by atoms with Gasteiger partial charge in [-0.3, -0.25) is 4.79 Å². The van der Waals surface area contributed by atoms with Crippen LogP contribution in [0.2, 0.25) is 0 Å². The summed E-state index contributed by atoms with van der Waals surface area (Å²) in [7, 11) is 0. The van der Waals surface area contributed by atoms with Gasteiger partial charge in [0.05, 0.1) is 0 Å². The summed E-state index contributed by atoms with van der Waals surface area (Å²) in [6, 6.07) is 7.39. The third-order valence-corrected chi connectivity index (χ3v) is 1.66. The van der Waals surface area contributed by atoms with Crippen LogP contribution in [0.25, 0.3) is 0 Å². The zero-order valence-electron chi connectivity index (χ0n) is 6.50. The SMILES string of the molecule is CCc1ccccc1C(N)=O.[LiH]. The fourth-order valence-corrected chi connectivity index (χ4v) is 1.07. The maximum atomic E-state index is 10.8. The molecule has 0 heterocycles. The average Bonchev–Trinajstić information content (AvgIpc) is 2.04. The molecule has 0 radical (unpaired) electrons. The van der Waals surface area contributed by atoms with Gasteiger partial charge >= 0.3 is 18.9 Å². The minimum absolute atomic E-state index is 0. The number of carbonyl (C=O) groups is 1. The summed E-state index contributed by atoms with van der Waals surface area (Å²) in [6.07, 6.45) is 0.846. The molecule has 0 aliphatic rings. The Balaban J connectivity index is 0.00000121. The van der Waals surface area contributed by atoms with Gasteiger partial charge in [-0.25, -0.2) is 0 Å². The topological polar surface area (TPSA) is 43.1 Å². The number of primary amides is 1. The summed E-state index contributed by atoms with van der Waals surface area (Å²) in [5, 5.41) is 0. The summed E-state index contributed by atoms with van der Waals surface area (Å²) >= 11 is 0. The van der Waals surface area contributed by atoms with Crippen molar-refractivity contribution in [3.05, 3.63) is 35.4 Å². The van der Waals surface area contributed by atoms with Crippen LogP contribution in [0.3, 0.4) is 0 Å². The number of amides is 1. The van der Waals surface area contributed by atoms with Crippen molar-refractivity contribution in [3.63, 3.8) is 0 Å². The fourth-order valence-electron chi connectivity index (χ4n) is 1.07. The van der Waals surface area contributed by atoms with Gasteiger partial charge < -0.3 is 5.73 Å². The second-order valence-electron chi connectivity index (χ2n) is 2.37. The van der Waals surface area contributed by atoms with Crippen molar-refractivity contribution in [2.45, 2.75) is 13.3 Å². The van der Waals surface area contributed by atoms with Crippen molar-refractivity contribution in [3.8, 4) is 0 Å². The van der Waals surface area contributed by atoms with E-state index in [2.05, 4.69) is 0 Å². The molecule has 0 aliphatic carbocycles. The summed E-state index contributed by atoms with van der Waals surface area (Å²) < 4.78 is 0. The monoisotopic (exact) mass is 157 g/mol. The molecular weight excluding hydrogens is 145 g/mol. The molecule has 1 aromatic carbocycles. The van der Waals surface area contributed by atoms with Crippen molar-refractivity contribution < 1.29 is 4.79 Å². The summed E-state index contributed by atoms with van der Waals surface area (Å²) in [6.45, 7) is 2.00. The Morgan fingerprint density at radius 3 is 2.42 bits per heavy atom. The molecule has 0 bridgehead atoms.